The summed E-state index contributed by atoms with van der Waals surface area (Å²) in [5, 5.41) is 6.64. The van der Waals surface area contributed by atoms with Gasteiger partial charge in [0.05, 0.1) is 5.69 Å². The molecule has 1 heterocycles. The molecule has 1 N–H and O–H groups in total. The van der Waals surface area contributed by atoms with Crippen LogP contribution in [0.5, 0.6) is 0 Å². The Morgan fingerprint density at radius 2 is 2.05 bits per heavy atom. The van der Waals surface area contributed by atoms with Gasteiger partial charge in [-0.1, -0.05) is 37.2 Å². The number of anilines is 1. The number of nitrogens with one attached hydrogen (secondary N) is 1. The molecule has 0 aliphatic rings. The zero-order valence-corrected chi connectivity index (χ0v) is 11.7. The van der Waals surface area contributed by atoms with Crippen LogP contribution in [0.3, 0.4) is 0 Å². The van der Waals surface area contributed by atoms with Crippen molar-refractivity contribution in [3.05, 3.63) is 46.8 Å². The van der Waals surface area contributed by atoms with E-state index < -0.39 is 0 Å². The first-order valence-electron chi connectivity index (χ1n) is 6.33. The van der Waals surface area contributed by atoms with Crippen LogP contribution in [-0.4, -0.2) is 11.1 Å². The molecule has 4 nitrogen and oxygen atoms in total. The van der Waals surface area contributed by atoms with E-state index in [9.17, 15) is 4.79 Å². The number of nitrogens with zero attached hydrogens (tertiary/aromatic N) is 1. The fourth-order valence-electron chi connectivity index (χ4n) is 1.99. The van der Waals surface area contributed by atoms with Crippen molar-refractivity contribution in [3.63, 3.8) is 0 Å². The van der Waals surface area contributed by atoms with Gasteiger partial charge < -0.3 is 9.84 Å². The van der Waals surface area contributed by atoms with Crippen LogP contribution in [0.25, 0.3) is 0 Å². The Hall–Kier alpha value is -2.10. The molecule has 0 saturated carbocycles. The molecule has 0 radical (unpaired) electrons. The van der Waals surface area contributed by atoms with E-state index in [0.717, 1.165) is 16.8 Å². The summed E-state index contributed by atoms with van der Waals surface area (Å²) in [6.07, 6.45) is 0. The minimum Gasteiger partial charge on any atom is -0.351 e. The molecule has 0 spiro atoms. The van der Waals surface area contributed by atoms with E-state index in [1.165, 1.54) is 0 Å². The topological polar surface area (TPSA) is 55.1 Å². The summed E-state index contributed by atoms with van der Waals surface area (Å²) in [7, 11) is 0. The molecule has 2 aromatic rings. The van der Waals surface area contributed by atoms with Gasteiger partial charge in [0.25, 0.3) is 5.91 Å². The van der Waals surface area contributed by atoms with Gasteiger partial charge >= 0.3 is 0 Å². The van der Waals surface area contributed by atoms with Crippen molar-refractivity contribution in [2.24, 2.45) is 0 Å². The fourth-order valence-corrected chi connectivity index (χ4v) is 1.99. The highest BCUT2D eigenvalue weighted by Gasteiger charge is 2.16. The summed E-state index contributed by atoms with van der Waals surface area (Å²) in [6.45, 7) is 7.97. The Balaban J connectivity index is 2.31. The Bertz CT molecular complexity index is 600. The smallest absolute Gasteiger partial charge is 0.294 e. The van der Waals surface area contributed by atoms with E-state index in [0.29, 0.717) is 11.6 Å². The van der Waals surface area contributed by atoms with Crippen LogP contribution in [0, 0.1) is 13.8 Å². The number of aryl methyl sites for hydroxylation is 2. The van der Waals surface area contributed by atoms with Gasteiger partial charge in [-0.2, -0.15) is 0 Å². The Morgan fingerprint density at radius 1 is 1.32 bits per heavy atom. The molecule has 4 heteroatoms. The molecule has 1 aromatic heterocycles. The first-order chi connectivity index (χ1) is 8.99. The van der Waals surface area contributed by atoms with Gasteiger partial charge in [0.1, 0.15) is 0 Å². The maximum atomic E-state index is 12.1. The third kappa shape index (κ3) is 2.84. The molecule has 0 bridgehead atoms. The lowest BCUT2D eigenvalue weighted by Gasteiger charge is -2.15. The number of para-hydroxylation sites is 1. The predicted octanol–water partition coefficient (Wildman–Crippen LogP) is 3.67. The standard InChI is InChI=1S/C15H18N2O2/c1-9(2)12-7-5-6-10(3)14(12)16-15(18)13-8-11(4)17-19-13/h5-9H,1-4H3,(H,16,18). The third-order valence-electron chi connectivity index (χ3n) is 3.02. The first kappa shape index (κ1) is 13.3. The fraction of sp³-hybridized carbons (Fsp3) is 0.333. The molecule has 0 fully saturated rings. The second kappa shape index (κ2) is 5.26. The largest absolute Gasteiger partial charge is 0.351 e. The molecule has 0 atom stereocenters. The second-order valence-corrected chi connectivity index (χ2v) is 4.98. The van der Waals surface area contributed by atoms with Gasteiger partial charge in [0.2, 0.25) is 5.76 Å². The minimum absolute atomic E-state index is 0.232. The quantitative estimate of drug-likeness (QED) is 0.913. The number of aromatic nitrogens is 1. The summed E-state index contributed by atoms with van der Waals surface area (Å²) in [4.78, 5) is 12.1. The van der Waals surface area contributed by atoms with Gasteiger partial charge in [0.15, 0.2) is 0 Å². The normalized spacial score (nSPS) is 10.8. The lowest BCUT2D eigenvalue weighted by atomic mass is 9.98. The number of amides is 1. The van der Waals surface area contributed by atoms with Crippen molar-refractivity contribution < 1.29 is 9.32 Å². The predicted molar refractivity (Wildman–Crippen MR) is 74.5 cm³/mol. The Morgan fingerprint density at radius 3 is 2.63 bits per heavy atom. The summed E-state index contributed by atoms with van der Waals surface area (Å²) >= 11 is 0. The van der Waals surface area contributed by atoms with E-state index in [2.05, 4.69) is 24.3 Å². The molecule has 0 saturated heterocycles. The van der Waals surface area contributed by atoms with Crippen molar-refractivity contribution in [2.75, 3.05) is 5.32 Å². The zero-order chi connectivity index (χ0) is 14.0. The van der Waals surface area contributed by atoms with Crippen molar-refractivity contribution in [1.29, 1.82) is 0 Å². The number of hydrogen-bond acceptors (Lipinski definition) is 3. The van der Waals surface area contributed by atoms with E-state index in [1.54, 1.807) is 13.0 Å². The van der Waals surface area contributed by atoms with Crippen molar-refractivity contribution in [3.8, 4) is 0 Å². The van der Waals surface area contributed by atoms with Crippen LogP contribution in [-0.2, 0) is 0 Å². The maximum absolute atomic E-state index is 12.1. The summed E-state index contributed by atoms with van der Waals surface area (Å²) in [6, 6.07) is 7.63. The van der Waals surface area contributed by atoms with Gasteiger partial charge in [-0.25, -0.2) is 0 Å². The van der Waals surface area contributed by atoms with Gasteiger partial charge in [-0.15, -0.1) is 0 Å². The van der Waals surface area contributed by atoms with Crippen molar-refractivity contribution >= 4 is 11.6 Å². The lowest BCUT2D eigenvalue weighted by Crippen LogP contribution is -2.14. The second-order valence-electron chi connectivity index (χ2n) is 4.98. The van der Waals surface area contributed by atoms with Crippen LogP contribution >= 0.6 is 0 Å². The molecule has 19 heavy (non-hydrogen) atoms. The zero-order valence-electron chi connectivity index (χ0n) is 11.7. The highest BCUT2D eigenvalue weighted by molar-refractivity contribution is 6.03. The molecule has 2 rings (SSSR count). The van der Waals surface area contributed by atoms with Gasteiger partial charge in [0, 0.05) is 11.8 Å². The van der Waals surface area contributed by atoms with Crippen LogP contribution in [0.1, 0.15) is 47.1 Å². The number of carbonyl (C=O) groups excluding carboxylic acids is 1. The van der Waals surface area contributed by atoms with E-state index >= 15 is 0 Å². The van der Waals surface area contributed by atoms with Crippen molar-refractivity contribution in [2.45, 2.75) is 33.6 Å². The SMILES string of the molecule is Cc1cc(C(=O)Nc2c(C)cccc2C(C)C)on1. The summed E-state index contributed by atoms with van der Waals surface area (Å²) in [5.74, 6) is 0.305. The van der Waals surface area contributed by atoms with E-state index in [-0.39, 0.29) is 11.7 Å². The molecule has 0 aliphatic heterocycles. The molecule has 1 aromatic carbocycles. The number of hydrogen-bond donors (Lipinski definition) is 1. The molecule has 1 amide bonds. The number of rotatable bonds is 3. The molecule has 100 valence electrons. The van der Waals surface area contributed by atoms with Crippen LogP contribution in [0.4, 0.5) is 5.69 Å². The van der Waals surface area contributed by atoms with Crippen LogP contribution < -0.4 is 5.32 Å². The number of benzene rings is 1. The minimum atomic E-state index is -0.267. The van der Waals surface area contributed by atoms with E-state index in [1.807, 2.05) is 25.1 Å². The summed E-state index contributed by atoms with van der Waals surface area (Å²) < 4.78 is 4.98. The average molecular weight is 258 g/mol. The highest BCUT2D eigenvalue weighted by Crippen LogP contribution is 2.27. The van der Waals surface area contributed by atoms with Crippen LogP contribution in [0.15, 0.2) is 28.8 Å². The maximum Gasteiger partial charge on any atom is 0.294 e. The monoisotopic (exact) mass is 258 g/mol. The Kier molecular flexibility index (Phi) is 3.69. The first-order valence-corrected chi connectivity index (χ1v) is 6.33. The lowest BCUT2D eigenvalue weighted by molar-refractivity contribution is 0.0987. The summed E-state index contributed by atoms with van der Waals surface area (Å²) in [5.41, 5.74) is 3.70. The molecule has 0 unspecified atom stereocenters. The third-order valence-corrected chi connectivity index (χ3v) is 3.02. The van der Waals surface area contributed by atoms with Crippen molar-refractivity contribution in [1.82, 2.24) is 5.16 Å². The molecular formula is C15H18N2O2. The molecule has 0 aliphatic carbocycles. The molecular weight excluding hydrogens is 240 g/mol. The Labute approximate surface area is 112 Å². The van der Waals surface area contributed by atoms with Crippen LogP contribution in [0.2, 0.25) is 0 Å². The average Bonchev–Trinajstić information content (AvgIpc) is 2.78. The van der Waals surface area contributed by atoms with E-state index in [4.69, 9.17) is 4.52 Å². The van der Waals surface area contributed by atoms with Gasteiger partial charge in [-0.3, -0.25) is 4.79 Å². The van der Waals surface area contributed by atoms with Gasteiger partial charge in [-0.05, 0) is 30.9 Å². The number of carbonyl (C=O) groups is 1. The highest BCUT2D eigenvalue weighted by atomic mass is 16.5.